The van der Waals surface area contributed by atoms with Gasteiger partial charge in [0, 0.05) is 25.5 Å². The van der Waals surface area contributed by atoms with Crippen molar-refractivity contribution in [3.8, 4) is 11.5 Å². The first kappa shape index (κ1) is 20.5. The van der Waals surface area contributed by atoms with Gasteiger partial charge in [0.15, 0.2) is 16.6 Å². The Morgan fingerprint density at radius 1 is 1.25 bits per heavy atom. The van der Waals surface area contributed by atoms with Gasteiger partial charge in [-0.05, 0) is 49.6 Å². The molecule has 0 saturated carbocycles. The summed E-state index contributed by atoms with van der Waals surface area (Å²) in [6.45, 7) is 5.59. The highest BCUT2D eigenvalue weighted by molar-refractivity contribution is 7.22. The summed E-state index contributed by atoms with van der Waals surface area (Å²) in [6, 6.07) is 11.7. The number of imidazole rings is 1. The molecule has 8 heteroatoms. The molecule has 1 unspecified atom stereocenters. The SMILES string of the molecule is Cc1cc(C)c2nc(N(CCCn3ccnc3)C(=O)C3COc4ccccc4O3)sc2c1. The molecule has 1 amide bonds. The molecule has 1 aliphatic rings. The summed E-state index contributed by atoms with van der Waals surface area (Å²) >= 11 is 1.54. The molecule has 1 aliphatic heterocycles. The zero-order chi connectivity index (χ0) is 22.1. The zero-order valence-electron chi connectivity index (χ0n) is 18.0. The Labute approximate surface area is 190 Å². The normalized spacial score (nSPS) is 15.1. The molecule has 32 heavy (non-hydrogen) atoms. The van der Waals surface area contributed by atoms with Gasteiger partial charge in [-0.25, -0.2) is 9.97 Å². The van der Waals surface area contributed by atoms with Crippen LogP contribution in [0.4, 0.5) is 5.13 Å². The summed E-state index contributed by atoms with van der Waals surface area (Å²) in [6.07, 6.45) is 5.51. The number of rotatable bonds is 6. The quantitative estimate of drug-likeness (QED) is 0.438. The van der Waals surface area contributed by atoms with E-state index in [2.05, 4.69) is 31.0 Å². The summed E-state index contributed by atoms with van der Waals surface area (Å²) in [5.41, 5.74) is 3.23. The number of nitrogens with zero attached hydrogens (tertiary/aromatic N) is 4. The van der Waals surface area contributed by atoms with Crippen LogP contribution in [-0.2, 0) is 11.3 Å². The zero-order valence-corrected chi connectivity index (χ0v) is 18.8. The van der Waals surface area contributed by atoms with E-state index in [1.165, 1.54) is 16.9 Å². The molecule has 0 N–H and O–H groups in total. The summed E-state index contributed by atoms with van der Waals surface area (Å²) < 4.78 is 14.9. The van der Waals surface area contributed by atoms with Crippen LogP contribution in [0.3, 0.4) is 0 Å². The highest BCUT2D eigenvalue weighted by Gasteiger charge is 2.33. The minimum atomic E-state index is -0.715. The van der Waals surface area contributed by atoms with E-state index in [-0.39, 0.29) is 12.5 Å². The van der Waals surface area contributed by atoms with Gasteiger partial charge in [0.2, 0.25) is 6.10 Å². The fourth-order valence-electron chi connectivity index (χ4n) is 3.92. The number of hydrogen-bond acceptors (Lipinski definition) is 6. The number of aryl methyl sites for hydroxylation is 3. The molecule has 164 valence electrons. The number of carbonyl (C=O) groups is 1. The molecular formula is C24H24N4O3S. The molecule has 0 saturated heterocycles. The van der Waals surface area contributed by atoms with Crippen molar-refractivity contribution in [2.75, 3.05) is 18.1 Å². The van der Waals surface area contributed by atoms with Crippen molar-refractivity contribution in [1.82, 2.24) is 14.5 Å². The standard InChI is InChI=1S/C24H24N4O3S/c1-16-12-17(2)22-21(13-16)32-24(26-22)28(10-5-9-27-11-8-25-15-27)23(29)20-14-30-18-6-3-4-7-19(18)31-20/h3-4,6-8,11-13,15,20H,5,9-10,14H2,1-2H3. The van der Waals surface area contributed by atoms with E-state index in [1.54, 1.807) is 17.4 Å². The van der Waals surface area contributed by atoms with E-state index >= 15 is 0 Å². The van der Waals surface area contributed by atoms with Gasteiger partial charge in [-0.15, -0.1) is 0 Å². The molecular weight excluding hydrogens is 424 g/mol. The third kappa shape index (κ3) is 4.05. The second-order valence-corrected chi connectivity index (χ2v) is 8.94. The number of fused-ring (bicyclic) bond motifs is 2. The Balaban J connectivity index is 1.42. The number of anilines is 1. The smallest absolute Gasteiger partial charge is 0.273 e. The maximum Gasteiger partial charge on any atom is 0.273 e. The Morgan fingerprint density at radius 2 is 2.09 bits per heavy atom. The Kier molecular flexibility index (Phi) is 5.53. The number of aromatic nitrogens is 3. The van der Waals surface area contributed by atoms with Crippen molar-refractivity contribution < 1.29 is 14.3 Å². The van der Waals surface area contributed by atoms with Gasteiger partial charge in [-0.2, -0.15) is 0 Å². The average molecular weight is 449 g/mol. The number of para-hydroxylation sites is 2. The first-order valence-corrected chi connectivity index (χ1v) is 11.4. The first-order chi connectivity index (χ1) is 15.6. The van der Waals surface area contributed by atoms with E-state index in [9.17, 15) is 4.79 Å². The van der Waals surface area contributed by atoms with Crippen LogP contribution in [0.5, 0.6) is 11.5 Å². The molecule has 0 bridgehead atoms. The van der Waals surface area contributed by atoms with Crippen LogP contribution < -0.4 is 14.4 Å². The Morgan fingerprint density at radius 3 is 2.91 bits per heavy atom. The Hall–Kier alpha value is -3.39. The third-order valence-corrected chi connectivity index (χ3v) is 6.48. The number of carbonyl (C=O) groups excluding carboxylic acids is 1. The van der Waals surface area contributed by atoms with E-state index in [0.29, 0.717) is 23.2 Å². The predicted octanol–water partition coefficient (Wildman–Crippen LogP) is 4.37. The molecule has 2 aromatic heterocycles. The monoisotopic (exact) mass is 448 g/mol. The molecule has 4 aromatic rings. The maximum atomic E-state index is 13.6. The molecule has 0 fully saturated rings. The van der Waals surface area contributed by atoms with Crippen LogP contribution in [0.15, 0.2) is 55.1 Å². The molecule has 0 aliphatic carbocycles. The van der Waals surface area contributed by atoms with Crippen LogP contribution in [0.1, 0.15) is 17.5 Å². The molecule has 7 nitrogen and oxygen atoms in total. The van der Waals surface area contributed by atoms with Gasteiger partial charge >= 0.3 is 0 Å². The van der Waals surface area contributed by atoms with E-state index in [4.69, 9.17) is 14.5 Å². The van der Waals surface area contributed by atoms with Gasteiger partial charge in [-0.3, -0.25) is 9.69 Å². The number of ether oxygens (including phenoxy) is 2. The van der Waals surface area contributed by atoms with Crippen molar-refractivity contribution in [3.63, 3.8) is 0 Å². The Bertz CT molecular complexity index is 1250. The fourth-order valence-corrected chi connectivity index (χ4v) is 5.09. The number of amides is 1. The molecule has 2 aromatic carbocycles. The van der Waals surface area contributed by atoms with Crippen molar-refractivity contribution in [1.29, 1.82) is 0 Å². The summed E-state index contributed by atoms with van der Waals surface area (Å²) in [5, 5.41) is 0.687. The van der Waals surface area contributed by atoms with Crippen LogP contribution in [-0.4, -0.2) is 39.7 Å². The highest BCUT2D eigenvalue weighted by atomic mass is 32.1. The fraction of sp³-hybridized carbons (Fsp3) is 0.292. The largest absolute Gasteiger partial charge is 0.485 e. The number of benzene rings is 2. The van der Waals surface area contributed by atoms with E-state index < -0.39 is 6.10 Å². The lowest BCUT2D eigenvalue weighted by Gasteiger charge is -2.29. The van der Waals surface area contributed by atoms with Crippen LogP contribution in [0.25, 0.3) is 10.2 Å². The van der Waals surface area contributed by atoms with Crippen LogP contribution in [0.2, 0.25) is 0 Å². The van der Waals surface area contributed by atoms with Gasteiger partial charge in [-0.1, -0.05) is 29.5 Å². The van der Waals surface area contributed by atoms with Gasteiger partial charge in [0.05, 0.1) is 16.5 Å². The molecule has 0 radical (unpaired) electrons. The van der Waals surface area contributed by atoms with E-state index in [1.807, 2.05) is 35.0 Å². The molecule has 1 atom stereocenters. The second kappa shape index (κ2) is 8.63. The average Bonchev–Trinajstić information content (AvgIpc) is 3.46. The van der Waals surface area contributed by atoms with Crippen molar-refractivity contribution in [2.45, 2.75) is 32.9 Å². The molecule has 5 rings (SSSR count). The minimum absolute atomic E-state index is 0.140. The lowest BCUT2D eigenvalue weighted by atomic mass is 10.1. The van der Waals surface area contributed by atoms with Crippen molar-refractivity contribution in [3.05, 3.63) is 66.2 Å². The van der Waals surface area contributed by atoms with E-state index in [0.717, 1.165) is 28.7 Å². The van der Waals surface area contributed by atoms with Crippen molar-refractivity contribution >= 4 is 32.6 Å². The number of thiazole rings is 1. The van der Waals surface area contributed by atoms with Gasteiger partial charge in [0.1, 0.15) is 6.61 Å². The van der Waals surface area contributed by atoms with Gasteiger partial charge in [0.25, 0.3) is 5.91 Å². The maximum absolute atomic E-state index is 13.6. The first-order valence-electron chi connectivity index (χ1n) is 10.6. The number of hydrogen-bond donors (Lipinski definition) is 0. The summed E-state index contributed by atoms with van der Waals surface area (Å²) in [7, 11) is 0. The lowest BCUT2D eigenvalue weighted by Crippen LogP contribution is -2.47. The second-order valence-electron chi connectivity index (χ2n) is 7.93. The van der Waals surface area contributed by atoms with Crippen molar-refractivity contribution in [2.24, 2.45) is 0 Å². The topological polar surface area (TPSA) is 69.5 Å². The molecule has 0 spiro atoms. The van der Waals surface area contributed by atoms with Gasteiger partial charge < -0.3 is 14.0 Å². The summed E-state index contributed by atoms with van der Waals surface area (Å²) in [5.74, 6) is 1.11. The summed E-state index contributed by atoms with van der Waals surface area (Å²) in [4.78, 5) is 24.3. The lowest BCUT2D eigenvalue weighted by molar-refractivity contribution is -0.127. The van der Waals surface area contributed by atoms with Crippen LogP contribution >= 0.6 is 11.3 Å². The predicted molar refractivity (Wildman–Crippen MR) is 125 cm³/mol. The minimum Gasteiger partial charge on any atom is -0.485 e. The highest BCUT2D eigenvalue weighted by Crippen LogP contribution is 2.34. The third-order valence-electron chi connectivity index (χ3n) is 5.46. The molecule has 3 heterocycles. The van der Waals surface area contributed by atoms with Crippen LogP contribution in [0, 0.1) is 13.8 Å².